The van der Waals surface area contributed by atoms with E-state index in [2.05, 4.69) is 93.7 Å². The van der Waals surface area contributed by atoms with Crippen LogP contribution in [0.4, 0.5) is 0 Å². The van der Waals surface area contributed by atoms with Gasteiger partial charge in [-0.2, -0.15) is 0 Å². The van der Waals surface area contributed by atoms with E-state index >= 15 is 0 Å². The van der Waals surface area contributed by atoms with Gasteiger partial charge in [-0.25, -0.2) is 0 Å². The molecule has 0 radical (unpaired) electrons. The molecule has 0 aromatic rings. The summed E-state index contributed by atoms with van der Waals surface area (Å²) in [4.78, 5) is 38.2. The first kappa shape index (κ1) is 68.3. The molecule has 0 aliphatic rings. The van der Waals surface area contributed by atoms with Gasteiger partial charge in [-0.3, -0.25) is 14.4 Å². The Morgan fingerprint density at radius 3 is 1.07 bits per heavy atom. The summed E-state index contributed by atoms with van der Waals surface area (Å²) in [6.07, 6.45) is 85.5. The topological polar surface area (TPSA) is 78.9 Å². The fourth-order valence-electron chi connectivity index (χ4n) is 7.59. The zero-order chi connectivity index (χ0) is 52.9. The third-order valence-electron chi connectivity index (χ3n) is 12.0. The summed E-state index contributed by atoms with van der Waals surface area (Å²) in [6.45, 7) is 6.37. The fourth-order valence-corrected chi connectivity index (χ4v) is 7.59. The van der Waals surface area contributed by atoms with E-state index in [9.17, 15) is 14.4 Å². The van der Waals surface area contributed by atoms with Gasteiger partial charge in [0.15, 0.2) is 6.10 Å². The van der Waals surface area contributed by atoms with Gasteiger partial charge in [0, 0.05) is 19.3 Å². The number of hydrogen-bond donors (Lipinski definition) is 0. The first-order valence-electron chi connectivity index (χ1n) is 29.4. The molecule has 0 amide bonds. The smallest absolute Gasteiger partial charge is 0.306 e. The van der Waals surface area contributed by atoms with Crippen LogP contribution in [-0.2, 0) is 28.6 Å². The van der Waals surface area contributed by atoms with E-state index in [1.54, 1.807) is 0 Å². The number of rotatable bonds is 51. The molecule has 1 atom stereocenters. The maximum absolute atomic E-state index is 12.9. The first-order valence-corrected chi connectivity index (χ1v) is 29.4. The minimum absolute atomic E-state index is 0.126. The Labute approximate surface area is 448 Å². The third kappa shape index (κ3) is 58.1. The Kier molecular flexibility index (Phi) is 56.0. The lowest BCUT2D eigenvalue weighted by Crippen LogP contribution is -2.30. The number of ether oxygens (including phenoxy) is 3. The Bertz CT molecular complexity index is 1630. The van der Waals surface area contributed by atoms with Crippen molar-refractivity contribution in [3.05, 3.63) is 146 Å². The predicted molar refractivity (Wildman–Crippen MR) is 315 cm³/mol. The molecule has 0 aromatic heterocycles. The Morgan fingerprint density at radius 1 is 0.301 bits per heavy atom. The van der Waals surface area contributed by atoms with Crippen LogP contribution in [0.1, 0.15) is 239 Å². The zero-order valence-corrected chi connectivity index (χ0v) is 46.8. The second-order valence-electron chi connectivity index (χ2n) is 19.0. The maximum atomic E-state index is 12.9. The summed E-state index contributed by atoms with van der Waals surface area (Å²) >= 11 is 0. The van der Waals surface area contributed by atoms with E-state index in [1.807, 2.05) is 72.9 Å². The van der Waals surface area contributed by atoms with Gasteiger partial charge >= 0.3 is 17.9 Å². The van der Waals surface area contributed by atoms with Crippen molar-refractivity contribution in [3.63, 3.8) is 0 Å². The van der Waals surface area contributed by atoms with Crippen LogP contribution in [0.3, 0.4) is 0 Å². The lowest BCUT2D eigenvalue weighted by molar-refractivity contribution is -0.167. The predicted octanol–water partition coefficient (Wildman–Crippen LogP) is 20.0. The van der Waals surface area contributed by atoms with Gasteiger partial charge in [0.2, 0.25) is 0 Å². The van der Waals surface area contributed by atoms with Crippen LogP contribution in [0.15, 0.2) is 146 Å². The van der Waals surface area contributed by atoms with Crippen molar-refractivity contribution >= 4 is 17.9 Å². The van der Waals surface area contributed by atoms with E-state index in [1.165, 1.54) is 116 Å². The van der Waals surface area contributed by atoms with E-state index in [4.69, 9.17) is 14.2 Å². The average molecular weight is 1010 g/mol. The van der Waals surface area contributed by atoms with Crippen LogP contribution in [0.2, 0.25) is 0 Å². The lowest BCUT2D eigenvalue weighted by atomic mass is 10.1. The van der Waals surface area contributed by atoms with Crippen molar-refractivity contribution in [3.8, 4) is 0 Å². The molecular weight excluding hydrogens is 901 g/mol. The number of hydrogen-bond acceptors (Lipinski definition) is 6. The van der Waals surface area contributed by atoms with Gasteiger partial charge in [0.1, 0.15) is 13.2 Å². The second-order valence-corrected chi connectivity index (χ2v) is 19.0. The highest BCUT2D eigenvalue weighted by molar-refractivity contribution is 5.71. The Hall–Kier alpha value is -4.71. The van der Waals surface area contributed by atoms with E-state index < -0.39 is 6.10 Å². The van der Waals surface area contributed by atoms with E-state index in [0.717, 1.165) is 70.6 Å². The molecule has 6 nitrogen and oxygen atoms in total. The minimum atomic E-state index is -0.829. The van der Waals surface area contributed by atoms with E-state index in [0.29, 0.717) is 19.3 Å². The molecule has 0 N–H and O–H groups in total. The molecule has 0 aliphatic heterocycles. The quantitative estimate of drug-likeness (QED) is 0.0199. The fraction of sp³-hybridized carbons (Fsp3) is 0.597. The number of esters is 3. The van der Waals surface area contributed by atoms with Crippen molar-refractivity contribution in [2.75, 3.05) is 13.2 Å². The van der Waals surface area contributed by atoms with Crippen LogP contribution in [0.25, 0.3) is 0 Å². The minimum Gasteiger partial charge on any atom is -0.462 e. The van der Waals surface area contributed by atoms with Crippen LogP contribution < -0.4 is 0 Å². The Balaban J connectivity index is 4.59. The number of unbranched alkanes of at least 4 members (excludes halogenated alkanes) is 22. The summed E-state index contributed by atoms with van der Waals surface area (Å²) in [5, 5.41) is 0. The number of carbonyl (C=O) groups is 3. The van der Waals surface area contributed by atoms with Gasteiger partial charge in [0.05, 0.1) is 0 Å². The van der Waals surface area contributed by atoms with Crippen molar-refractivity contribution in [2.24, 2.45) is 0 Å². The molecule has 0 saturated carbocycles. The molecule has 0 aromatic carbocycles. The Morgan fingerprint density at radius 2 is 0.603 bits per heavy atom. The van der Waals surface area contributed by atoms with Gasteiger partial charge < -0.3 is 14.2 Å². The van der Waals surface area contributed by atoms with Crippen molar-refractivity contribution < 1.29 is 28.6 Å². The highest BCUT2D eigenvalue weighted by atomic mass is 16.6. The molecule has 0 heterocycles. The SMILES string of the molecule is CC\C=C/C=C\C=C/C=C\C=C\C=C/C=C\CCCCCC(=O)OCC(COC(=O)CCC/C=C\C/C=C\C/C=C\C/C=C\CCCCC)OC(=O)CCCCCCCCC/C=C\CCCCCCCCCC. The monoisotopic (exact) mass is 1010 g/mol. The largest absolute Gasteiger partial charge is 0.462 e. The highest BCUT2D eigenvalue weighted by Crippen LogP contribution is 2.14. The first-order chi connectivity index (χ1) is 36.0. The molecule has 0 spiro atoms. The zero-order valence-electron chi connectivity index (χ0n) is 46.8. The average Bonchev–Trinajstić information content (AvgIpc) is 3.39. The molecule has 1 unspecified atom stereocenters. The van der Waals surface area contributed by atoms with Gasteiger partial charge in [-0.15, -0.1) is 0 Å². The van der Waals surface area contributed by atoms with Crippen LogP contribution >= 0.6 is 0 Å². The molecule has 0 saturated heterocycles. The lowest BCUT2D eigenvalue weighted by Gasteiger charge is -2.18. The van der Waals surface area contributed by atoms with Crippen molar-refractivity contribution in [1.82, 2.24) is 0 Å². The molecule has 0 bridgehead atoms. The summed E-state index contributed by atoms with van der Waals surface area (Å²) in [7, 11) is 0. The van der Waals surface area contributed by atoms with Crippen LogP contribution in [0, 0.1) is 0 Å². The molecule has 73 heavy (non-hydrogen) atoms. The van der Waals surface area contributed by atoms with Crippen LogP contribution in [0.5, 0.6) is 0 Å². The summed E-state index contributed by atoms with van der Waals surface area (Å²) in [5.74, 6) is -1.03. The molecule has 0 rings (SSSR count). The van der Waals surface area contributed by atoms with Gasteiger partial charge in [0.25, 0.3) is 0 Å². The van der Waals surface area contributed by atoms with Crippen LogP contribution in [-0.4, -0.2) is 37.2 Å². The normalized spacial score (nSPS) is 13.2. The molecular formula is C67H106O6. The summed E-state index contributed by atoms with van der Waals surface area (Å²) in [6, 6.07) is 0. The molecule has 0 fully saturated rings. The molecule has 6 heteroatoms. The van der Waals surface area contributed by atoms with Gasteiger partial charge in [-0.1, -0.05) is 263 Å². The molecule has 410 valence electrons. The van der Waals surface area contributed by atoms with Crippen molar-refractivity contribution in [2.45, 2.75) is 245 Å². The number of allylic oxidation sites excluding steroid dienone is 24. The molecule has 0 aliphatic carbocycles. The van der Waals surface area contributed by atoms with Crippen molar-refractivity contribution in [1.29, 1.82) is 0 Å². The second kappa shape index (κ2) is 59.8. The maximum Gasteiger partial charge on any atom is 0.306 e. The summed E-state index contributed by atoms with van der Waals surface area (Å²) < 4.78 is 16.8. The number of carbonyl (C=O) groups excluding carboxylic acids is 3. The summed E-state index contributed by atoms with van der Waals surface area (Å²) in [5.41, 5.74) is 0. The standard InChI is InChI=1S/C67H106O6/c1-4-7-10-13-16-19-22-25-28-31-33-36-39-42-45-48-51-54-57-60-66(69)72-63-64(62-71-65(68)59-56-53-50-47-44-41-38-35-30-27-24-21-18-15-12-9-6-3)73-67(70)61-58-55-52-49-46-43-40-37-34-32-29-26-23-20-17-14-11-8-5-2/h7,10,13,16,18-19,21-22,25,27-28,30-34,36,38-39,41-42,45,47,50,64H,4-6,8-9,11-12,14-15,17,20,23-24,26,29,35,37,40,43-44,46,48-49,51-63H2,1-3H3/b10-7-,16-13-,21-18-,22-19-,28-25-,30-27-,33-31+,34-32-,39-36-,41-38-,45-42-,50-47-. The van der Waals surface area contributed by atoms with E-state index in [-0.39, 0.29) is 44.0 Å². The van der Waals surface area contributed by atoms with Gasteiger partial charge in [-0.05, 0) is 103 Å². The third-order valence-corrected chi connectivity index (χ3v) is 12.0. The highest BCUT2D eigenvalue weighted by Gasteiger charge is 2.19.